The maximum Gasteiger partial charge on any atom is 0.262 e. The number of rotatable bonds is 4. The van der Waals surface area contributed by atoms with Crippen molar-refractivity contribution in [3.63, 3.8) is 0 Å². The molecule has 0 radical (unpaired) electrons. The first-order valence-corrected chi connectivity index (χ1v) is 7.39. The van der Waals surface area contributed by atoms with Gasteiger partial charge in [-0.05, 0) is 42.3 Å². The number of hydrogen-bond donors (Lipinski definition) is 2. The van der Waals surface area contributed by atoms with Crippen molar-refractivity contribution < 1.29 is 17.9 Å². The summed E-state index contributed by atoms with van der Waals surface area (Å²) in [6.07, 6.45) is 0. The Balaban J connectivity index is 2.41. The normalized spacial score (nSPS) is 11.3. The number of hydrogen-bond acceptors (Lipinski definition) is 3. The number of halogens is 1. The van der Waals surface area contributed by atoms with Crippen LogP contribution in [0.3, 0.4) is 0 Å². The van der Waals surface area contributed by atoms with Crippen molar-refractivity contribution in [2.45, 2.75) is 18.4 Å². The Morgan fingerprint density at radius 3 is 2.55 bits per heavy atom. The summed E-state index contributed by atoms with van der Waals surface area (Å²) >= 11 is 0. The lowest BCUT2D eigenvalue weighted by Crippen LogP contribution is -2.15. The molecule has 0 amide bonds. The van der Waals surface area contributed by atoms with Crippen LogP contribution < -0.4 is 4.72 Å². The molecule has 106 valence electrons. The molecule has 0 atom stereocenters. The van der Waals surface area contributed by atoms with E-state index in [4.69, 9.17) is 0 Å². The lowest BCUT2D eigenvalue weighted by Gasteiger charge is -2.11. The molecule has 0 bridgehead atoms. The van der Waals surface area contributed by atoms with Gasteiger partial charge in [-0.3, -0.25) is 4.72 Å². The zero-order valence-corrected chi connectivity index (χ0v) is 11.6. The third kappa shape index (κ3) is 3.15. The molecular formula is C14H14FNO3S. The molecule has 0 aliphatic heterocycles. The number of benzene rings is 2. The maximum absolute atomic E-state index is 13.3. The van der Waals surface area contributed by atoms with Crippen LogP contribution in [-0.2, 0) is 16.6 Å². The van der Waals surface area contributed by atoms with Crippen LogP contribution in [0.15, 0.2) is 47.4 Å². The van der Waals surface area contributed by atoms with E-state index in [1.807, 2.05) is 0 Å². The minimum absolute atomic E-state index is 0.0237. The van der Waals surface area contributed by atoms with Crippen LogP contribution in [0.2, 0.25) is 0 Å². The van der Waals surface area contributed by atoms with Gasteiger partial charge >= 0.3 is 0 Å². The van der Waals surface area contributed by atoms with Crippen molar-refractivity contribution in [1.82, 2.24) is 0 Å². The lowest BCUT2D eigenvalue weighted by atomic mass is 10.2. The van der Waals surface area contributed by atoms with Crippen molar-refractivity contribution in [3.8, 4) is 0 Å². The maximum atomic E-state index is 13.3. The predicted molar refractivity (Wildman–Crippen MR) is 74.3 cm³/mol. The molecule has 20 heavy (non-hydrogen) atoms. The molecule has 2 N–H and O–H groups in total. The van der Waals surface area contributed by atoms with E-state index in [0.717, 1.165) is 6.07 Å². The molecule has 0 aromatic heterocycles. The van der Waals surface area contributed by atoms with Gasteiger partial charge in [0.15, 0.2) is 0 Å². The van der Waals surface area contributed by atoms with Gasteiger partial charge in [-0.2, -0.15) is 0 Å². The standard InChI is InChI=1S/C14H14FNO3S/c1-10-6-12(15)8-13(7-10)16-20(18,19)14-5-3-2-4-11(14)9-17/h2-8,16-17H,9H2,1H3. The van der Waals surface area contributed by atoms with E-state index in [1.54, 1.807) is 19.1 Å². The Morgan fingerprint density at radius 1 is 1.20 bits per heavy atom. The second-order valence-electron chi connectivity index (χ2n) is 4.39. The van der Waals surface area contributed by atoms with E-state index >= 15 is 0 Å². The zero-order valence-electron chi connectivity index (χ0n) is 10.8. The summed E-state index contributed by atoms with van der Waals surface area (Å²) < 4.78 is 40.1. The average Bonchev–Trinajstić information content (AvgIpc) is 2.36. The molecule has 0 fully saturated rings. The van der Waals surface area contributed by atoms with Crippen LogP contribution in [0.4, 0.5) is 10.1 Å². The van der Waals surface area contributed by atoms with Crippen LogP contribution in [0, 0.1) is 12.7 Å². The van der Waals surface area contributed by atoms with E-state index in [9.17, 15) is 17.9 Å². The summed E-state index contributed by atoms with van der Waals surface area (Å²) in [5.41, 5.74) is 1.04. The number of sulfonamides is 1. The van der Waals surface area contributed by atoms with E-state index in [0.29, 0.717) is 5.56 Å². The SMILES string of the molecule is Cc1cc(F)cc(NS(=O)(=O)c2ccccc2CO)c1. The third-order valence-corrected chi connectivity index (χ3v) is 4.21. The van der Waals surface area contributed by atoms with Gasteiger partial charge in [0.05, 0.1) is 17.2 Å². The van der Waals surface area contributed by atoms with E-state index in [1.165, 1.54) is 24.3 Å². The molecule has 2 aromatic carbocycles. The van der Waals surface area contributed by atoms with Gasteiger partial charge in [0.1, 0.15) is 5.82 Å². The van der Waals surface area contributed by atoms with Gasteiger partial charge in [-0.1, -0.05) is 18.2 Å². The van der Waals surface area contributed by atoms with E-state index in [-0.39, 0.29) is 22.8 Å². The second kappa shape index (κ2) is 5.60. The number of anilines is 1. The van der Waals surface area contributed by atoms with Gasteiger partial charge in [0.25, 0.3) is 10.0 Å². The molecule has 0 spiro atoms. The Bertz CT molecular complexity index is 709. The fourth-order valence-corrected chi connectivity index (χ4v) is 3.18. The molecule has 2 aromatic rings. The number of aliphatic hydroxyl groups excluding tert-OH is 1. The molecule has 0 unspecified atom stereocenters. The van der Waals surface area contributed by atoms with Crippen LogP contribution in [0.5, 0.6) is 0 Å². The Labute approximate surface area is 116 Å². The molecule has 2 rings (SSSR count). The van der Waals surface area contributed by atoms with Gasteiger partial charge in [0, 0.05) is 0 Å². The molecular weight excluding hydrogens is 281 g/mol. The van der Waals surface area contributed by atoms with Crippen molar-refractivity contribution in [2.24, 2.45) is 0 Å². The Hall–Kier alpha value is -1.92. The summed E-state index contributed by atoms with van der Waals surface area (Å²) in [4.78, 5) is -0.0237. The highest BCUT2D eigenvalue weighted by atomic mass is 32.2. The third-order valence-electron chi connectivity index (χ3n) is 2.73. The van der Waals surface area contributed by atoms with Crippen molar-refractivity contribution >= 4 is 15.7 Å². The van der Waals surface area contributed by atoms with E-state index in [2.05, 4.69) is 4.72 Å². The largest absolute Gasteiger partial charge is 0.392 e. The Morgan fingerprint density at radius 2 is 1.90 bits per heavy atom. The molecule has 0 saturated heterocycles. The van der Waals surface area contributed by atoms with Gasteiger partial charge < -0.3 is 5.11 Å². The monoisotopic (exact) mass is 295 g/mol. The second-order valence-corrected chi connectivity index (χ2v) is 6.04. The number of nitrogens with one attached hydrogen (secondary N) is 1. The number of aryl methyl sites for hydroxylation is 1. The van der Waals surface area contributed by atoms with Crippen LogP contribution in [0.1, 0.15) is 11.1 Å². The van der Waals surface area contributed by atoms with Crippen LogP contribution >= 0.6 is 0 Å². The van der Waals surface area contributed by atoms with Crippen LogP contribution in [0.25, 0.3) is 0 Å². The molecule has 6 heteroatoms. The topological polar surface area (TPSA) is 66.4 Å². The summed E-state index contributed by atoms with van der Waals surface area (Å²) in [6, 6.07) is 10.0. The fourth-order valence-electron chi connectivity index (χ4n) is 1.90. The molecule has 4 nitrogen and oxygen atoms in total. The van der Waals surface area contributed by atoms with Gasteiger partial charge in [-0.25, -0.2) is 12.8 Å². The molecule has 0 heterocycles. The first-order valence-electron chi connectivity index (χ1n) is 5.91. The highest BCUT2D eigenvalue weighted by molar-refractivity contribution is 7.92. The number of aliphatic hydroxyl groups is 1. The predicted octanol–water partition coefficient (Wildman–Crippen LogP) is 2.43. The Kier molecular flexibility index (Phi) is 4.06. The summed E-state index contributed by atoms with van der Waals surface area (Å²) in [5, 5.41) is 9.18. The first-order chi connectivity index (χ1) is 9.42. The lowest BCUT2D eigenvalue weighted by molar-refractivity contribution is 0.278. The first kappa shape index (κ1) is 14.5. The smallest absolute Gasteiger partial charge is 0.262 e. The highest BCUT2D eigenvalue weighted by Crippen LogP contribution is 2.21. The van der Waals surface area contributed by atoms with E-state index < -0.39 is 15.8 Å². The highest BCUT2D eigenvalue weighted by Gasteiger charge is 2.18. The van der Waals surface area contributed by atoms with Crippen molar-refractivity contribution in [2.75, 3.05) is 4.72 Å². The summed E-state index contributed by atoms with van der Waals surface area (Å²) in [7, 11) is -3.87. The molecule has 0 aliphatic rings. The molecule has 0 saturated carbocycles. The quantitative estimate of drug-likeness (QED) is 0.910. The summed E-state index contributed by atoms with van der Waals surface area (Å²) in [6.45, 7) is 1.28. The fraction of sp³-hybridized carbons (Fsp3) is 0.143. The summed E-state index contributed by atoms with van der Waals surface area (Å²) in [5.74, 6) is -0.516. The average molecular weight is 295 g/mol. The van der Waals surface area contributed by atoms with Crippen molar-refractivity contribution in [1.29, 1.82) is 0 Å². The zero-order chi connectivity index (χ0) is 14.8. The van der Waals surface area contributed by atoms with Crippen molar-refractivity contribution in [3.05, 3.63) is 59.4 Å². The minimum Gasteiger partial charge on any atom is -0.392 e. The molecule has 0 aliphatic carbocycles. The van der Waals surface area contributed by atoms with Crippen LogP contribution in [-0.4, -0.2) is 13.5 Å². The van der Waals surface area contributed by atoms with Gasteiger partial charge in [0.2, 0.25) is 0 Å². The van der Waals surface area contributed by atoms with Gasteiger partial charge in [-0.15, -0.1) is 0 Å². The minimum atomic E-state index is -3.87.